The lowest BCUT2D eigenvalue weighted by Crippen LogP contribution is -2.41. The molecule has 1 aliphatic rings. The number of rotatable bonds is 4. The Labute approximate surface area is 78.7 Å². The molecule has 0 aliphatic heterocycles. The van der Waals surface area contributed by atoms with Gasteiger partial charge in [-0.1, -0.05) is 12.8 Å². The van der Waals surface area contributed by atoms with Crippen LogP contribution in [0.2, 0.25) is 0 Å². The smallest absolute Gasteiger partial charge is 0.315 e. The molecule has 2 amide bonds. The van der Waals surface area contributed by atoms with E-state index in [0.717, 1.165) is 12.8 Å². The molecule has 1 fully saturated rings. The summed E-state index contributed by atoms with van der Waals surface area (Å²) < 4.78 is 0. The molecule has 0 unspecified atom stereocenters. The minimum Gasteiger partial charge on any atom is -0.396 e. The Morgan fingerprint density at radius 2 is 2.08 bits per heavy atom. The summed E-state index contributed by atoms with van der Waals surface area (Å²) in [4.78, 5) is 11.2. The van der Waals surface area contributed by atoms with Gasteiger partial charge in [0.15, 0.2) is 0 Å². The maximum absolute atomic E-state index is 11.2. The van der Waals surface area contributed by atoms with Crippen molar-refractivity contribution in [3.05, 3.63) is 0 Å². The van der Waals surface area contributed by atoms with Crippen LogP contribution in [-0.4, -0.2) is 30.3 Å². The lowest BCUT2D eigenvalue weighted by molar-refractivity contribution is 0.234. The Morgan fingerprint density at radius 3 is 2.69 bits per heavy atom. The molecular formula is C9H18N2O2. The number of amides is 2. The lowest BCUT2D eigenvalue weighted by Gasteiger charge is -2.12. The highest BCUT2D eigenvalue weighted by Gasteiger charge is 2.16. The fraction of sp³-hybridized carbons (Fsp3) is 0.889. The van der Waals surface area contributed by atoms with Gasteiger partial charge in [-0.25, -0.2) is 4.79 Å². The molecule has 1 aliphatic carbocycles. The van der Waals surface area contributed by atoms with E-state index >= 15 is 0 Å². The van der Waals surface area contributed by atoms with Gasteiger partial charge >= 0.3 is 6.03 Å². The van der Waals surface area contributed by atoms with E-state index < -0.39 is 0 Å². The molecule has 13 heavy (non-hydrogen) atoms. The molecule has 4 nitrogen and oxygen atoms in total. The molecule has 1 rings (SSSR count). The van der Waals surface area contributed by atoms with Gasteiger partial charge in [0, 0.05) is 19.2 Å². The van der Waals surface area contributed by atoms with E-state index in [1.165, 1.54) is 12.8 Å². The quantitative estimate of drug-likeness (QED) is 0.563. The second-order valence-corrected chi connectivity index (χ2v) is 3.46. The van der Waals surface area contributed by atoms with E-state index in [9.17, 15) is 4.79 Å². The summed E-state index contributed by atoms with van der Waals surface area (Å²) in [5, 5.41) is 14.1. The van der Waals surface area contributed by atoms with Crippen LogP contribution in [0.3, 0.4) is 0 Å². The highest BCUT2D eigenvalue weighted by Crippen LogP contribution is 2.17. The number of urea groups is 1. The zero-order chi connectivity index (χ0) is 9.52. The third-order valence-corrected chi connectivity index (χ3v) is 2.31. The molecule has 1 saturated carbocycles. The second kappa shape index (κ2) is 5.80. The topological polar surface area (TPSA) is 61.4 Å². The summed E-state index contributed by atoms with van der Waals surface area (Å²) in [7, 11) is 0. The summed E-state index contributed by atoms with van der Waals surface area (Å²) in [6.45, 7) is 0.679. The average molecular weight is 186 g/mol. The summed E-state index contributed by atoms with van der Waals surface area (Å²) in [5.74, 6) is 0. The van der Waals surface area contributed by atoms with Gasteiger partial charge in [-0.15, -0.1) is 0 Å². The molecular weight excluding hydrogens is 168 g/mol. The molecule has 0 atom stereocenters. The first-order chi connectivity index (χ1) is 6.33. The van der Waals surface area contributed by atoms with Crippen molar-refractivity contribution in [1.29, 1.82) is 0 Å². The average Bonchev–Trinajstić information content (AvgIpc) is 2.57. The molecule has 0 bridgehead atoms. The number of nitrogens with one attached hydrogen (secondary N) is 2. The van der Waals surface area contributed by atoms with Crippen molar-refractivity contribution in [1.82, 2.24) is 10.6 Å². The first-order valence-electron chi connectivity index (χ1n) is 4.98. The predicted octanol–water partition coefficient (Wildman–Crippen LogP) is 0.611. The fourth-order valence-corrected chi connectivity index (χ4v) is 1.59. The molecule has 0 radical (unpaired) electrons. The van der Waals surface area contributed by atoms with Gasteiger partial charge < -0.3 is 15.7 Å². The standard InChI is InChI=1S/C9H18N2O2/c12-7-3-6-10-9(13)11-8-4-1-2-5-8/h8,12H,1-7H2,(H2,10,11,13). The van der Waals surface area contributed by atoms with E-state index in [0.29, 0.717) is 19.0 Å². The Morgan fingerprint density at radius 1 is 1.38 bits per heavy atom. The number of carbonyl (C=O) groups excluding carboxylic acids is 1. The maximum Gasteiger partial charge on any atom is 0.315 e. The molecule has 0 saturated heterocycles. The molecule has 0 spiro atoms. The van der Waals surface area contributed by atoms with Gasteiger partial charge in [0.2, 0.25) is 0 Å². The molecule has 0 heterocycles. The van der Waals surface area contributed by atoms with Crippen LogP contribution >= 0.6 is 0 Å². The van der Waals surface area contributed by atoms with E-state index in [-0.39, 0.29) is 12.6 Å². The van der Waals surface area contributed by atoms with Crippen LogP contribution in [0.5, 0.6) is 0 Å². The van der Waals surface area contributed by atoms with Crippen molar-refractivity contribution in [3.8, 4) is 0 Å². The summed E-state index contributed by atoms with van der Waals surface area (Å²) >= 11 is 0. The first kappa shape index (κ1) is 10.3. The Bertz CT molecular complexity index is 156. The zero-order valence-corrected chi connectivity index (χ0v) is 7.88. The third-order valence-electron chi connectivity index (χ3n) is 2.31. The lowest BCUT2D eigenvalue weighted by atomic mass is 10.2. The van der Waals surface area contributed by atoms with Crippen molar-refractivity contribution >= 4 is 6.03 Å². The normalized spacial score (nSPS) is 17.3. The van der Waals surface area contributed by atoms with Gasteiger partial charge in [-0.3, -0.25) is 0 Å². The summed E-state index contributed by atoms with van der Waals surface area (Å²) in [5.41, 5.74) is 0. The number of hydrogen-bond acceptors (Lipinski definition) is 2. The number of carbonyl (C=O) groups is 1. The van der Waals surface area contributed by atoms with Gasteiger partial charge in [0.25, 0.3) is 0 Å². The van der Waals surface area contributed by atoms with E-state index in [2.05, 4.69) is 10.6 Å². The van der Waals surface area contributed by atoms with E-state index in [4.69, 9.17) is 5.11 Å². The van der Waals surface area contributed by atoms with Crippen molar-refractivity contribution in [2.75, 3.05) is 13.2 Å². The zero-order valence-electron chi connectivity index (χ0n) is 7.88. The van der Waals surface area contributed by atoms with Crippen molar-refractivity contribution in [3.63, 3.8) is 0 Å². The minimum absolute atomic E-state index is 0.0969. The van der Waals surface area contributed by atoms with Crippen LogP contribution < -0.4 is 10.6 Å². The highest BCUT2D eigenvalue weighted by atomic mass is 16.3. The van der Waals surface area contributed by atoms with Gasteiger partial charge in [0.1, 0.15) is 0 Å². The number of aliphatic hydroxyl groups excluding tert-OH is 1. The maximum atomic E-state index is 11.2. The SMILES string of the molecule is O=C(NCCCO)NC1CCCC1. The van der Waals surface area contributed by atoms with Gasteiger partial charge in [0.05, 0.1) is 0 Å². The Balaban J connectivity index is 2.02. The Hall–Kier alpha value is -0.770. The largest absolute Gasteiger partial charge is 0.396 e. The van der Waals surface area contributed by atoms with Crippen LogP contribution in [0, 0.1) is 0 Å². The third kappa shape index (κ3) is 4.12. The molecule has 0 aromatic heterocycles. The summed E-state index contributed by atoms with van der Waals surface area (Å²) in [6, 6.07) is 0.273. The minimum atomic E-state index is -0.0969. The van der Waals surface area contributed by atoms with Gasteiger partial charge in [-0.2, -0.15) is 0 Å². The predicted molar refractivity (Wildman–Crippen MR) is 50.5 cm³/mol. The molecule has 3 N–H and O–H groups in total. The van der Waals surface area contributed by atoms with Crippen LogP contribution in [-0.2, 0) is 0 Å². The Kier molecular flexibility index (Phi) is 4.60. The van der Waals surface area contributed by atoms with Gasteiger partial charge in [-0.05, 0) is 19.3 Å². The number of aliphatic hydroxyl groups is 1. The van der Waals surface area contributed by atoms with Crippen LogP contribution in [0.25, 0.3) is 0 Å². The van der Waals surface area contributed by atoms with Crippen LogP contribution in [0.4, 0.5) is 4.79 Å². The molecule has 4 heteroatoms. The second-order valence-electron chi connectivity index (χ2n) is 3.46. The molecule has 0 aromatic carbocycles. The van der Waals surface area contributed by atoms with E-state index in [1.54, 1.807) is 0 Å². The molecule has 76 valence electrons. The monoisotopic (exact) mass is 186 g/mol. The van der Waals surface area contributed by atoms with Crippen LogP contribution in [0.1, 0.15) is 32.1 Å². The van der Waals surface area contributed by atoms with Crippen molar-refractivity contribution in [2.45, 2.75) is 38.1 Å². The highest BCUT2D eigenvalue weighted by molar-refractivity contribution is 5.74. The molecule has 0 aromatic rings. The van der Waals surface area contributed by atoms with Crippen LogP contribution in [0.15, 0.2) is 0 Å². The summed E-state index contributed by atoms with van der Waals surface area (Å²) in [6.07, 6.45) is 5.28. The number of hydrogen-bond donors (Lipinski definition) is 3. The first-order valence-corrected chi connectivity index (χ1v) is 4.98. The van der Waals surface area contributed by atoms with E-state index in [1.807, 2.05) is 0 Å². The van der Waals surface area contributed by atoms with Crippen molar-refractivity contribution < 1.29 is 9.90 Å². The fourth-order valence-electron chi connectivity index (χ4n) is 1.59. The van der Waals surface area contributed by atoms with Crippen molar-refractivity contribution in [2.24, 2.45) is 0 Å².